The molecule has 1 amide bonds. The van der Waals surface area contributed by atoms with E-state index >= 15 is 0 Å². The second-order valence-corrected chi connectivity index (χ2v) is 8.56. The number of benzene rings is 2. The van der Waals surface area contributed by atoms with Gasteiger partial charge in [0.05, 0.1) is 16.9 Å². The Hall–Kier alpha value is -2.98. The van der Waals surface area contributed by atoms with E-state index in [2.05, 4.69) is 5.32 Å². The van der Waals surface area contributed by atoms with Crippen LogP contribution in [-0.4, -0.2) is 43.2 Å². The summed E-state index contributed by atoms with van der Waals surface area (Å²) in [6.07, 6.45) is 0.901. The van der Waals surface area contributed by atoms with E-state index in [4.69, 9.17) is 4.74 Å². The number of carbonyl (C=O) groups is 1. The van der Waals surface area contributed by atoms with Crippen LogP contribution in [0, 0.1) is 17.0 Å². The van der Waals surface area contributed by atoms with Crippen LogP contribution < -0.4 is 10.1 Å². The molecule has 1 N–H and O–H groups in total. The van der Waals surface area contributed by atoms with Gasteiger partial charge in [0, 0.05) is 30.4 Å². The molecule has 1 heterocycles. The van der Waals surface area contributed by atoms with Crippen LogP contribution in [0.3, 0.4) is 0 Å². The van der Waals surface area contributed by atoms with Gasteiger partial charge >= 0.3 is 0 Å². The molecule has 2 aromatic carbocycles. The van der Waals surface area contributed by atoms with E-state index in [1.807, 2.05) is 0 Å². The molecule has 1 fully saturated rings. The molecule has 0 bridgehead atoms. The first-order valence-electron chi connectivity index (χ1n) is 8.96. The number of ether oxygens (including phenoxy) is 1. The molecule has 29 heavy (non-hydrogen) atoms. The molecule has 154 valence electrons. The smallest absolute Gasteiger partial charge is 0.271 e. The summed E-state index contributed by atoms with van der Waals surface area (Å²) in [5.41, 5.74) is 0.632. The highest BCUT2D eigenvalue weighted by atomic mass is 32.2. The van der Waals surface area contributed by atoms with Gasteiger partial charge in [-0.05, 0) is 37.5 Å². The second-order valence-electron chi connectivity index (χ2n) is 6.70. The van der Waals surface area contributed by atoms with Crippen LogP contribution in [0.4, 0.5) is 11.4 Å². The molecule has 0 saturated carbocycles. The maximum Gasteiger partial charge on any atom is 0.271 e. The number of anilines is 1. The van der Waals surface area contributed by atoms with Crippen LogP contribution in [0.1, 0.15) is 18.4 Å². The van der Waals surface area contributed by atoms with Crippen molar-refractivity contribution in [3.63, 3.8) is 0 Å². The van der Waals surface area contributed by atoms with Gasteiger partial charge in [-0.25, -0.2) is 8.42 Å². The van der Waals surface area contributed by atoms with Crippen LogP contribution in [-0.2, 0) is 14.8 Å². The van der Waals surface area contributed by atoms with E-state index in [0.717, 1.165) is 0 Å². The van der Waals surface area contributed by atoms with Crippen molar-refractivity contribution >= 4 is 27.3 Å². The molecule has 0 spiro atoms. The lowest BCUT2D eigenvalue weighted by Crippen LogP contribution is -2.43. The van der Waals surface area contributed by atoms with Crippen molar-refractivity contribution in [1.82, 2.24) is 4.31 Å². The van der Waals surface area contributed by atoms with Crippen molar-refractivity contribution in [2.75, 3.05) is 19.0 Å². The van der Waals surface area contributed by atoms with Gasteiger partial charge in [-0.15, -0.1) is 0 Å². The quantitative estimate of drug-likeness (QED) is 0.568. The van der Waals surface area contributed by atoms with Crippen LogP contribution in [0.25, 0.3) is 0 Å². The SMILES string of the molecule is COc1ccc(C)c(S(=O)(=O)N2CCC[C@@H]2C(=O)Nc2cccc([N+](=O)[O-])c2)c1. The van der Waals surface area contributed by atoms with E-state index in [-0.39, 0.29) is 22.8 Å². The Morgan fingerprint density at radius 2 is 2.03 bits per heavy atom. The van der Waals surface area contributed by atoms with Crippen molar-refractivity contribution in [3.05, 3.63) is 58.1 Å². The number of non-ortho nitro benzene ring substituents is 1. The number of aryl methyl sites for hydroxylation is 1. The summed E-state index contributed by atoms with van der Waals surface area (Å²) in [4.78, 5) is 23.2. The minimum absolute atomic E-state index is 0.0897. The van der Waals surface area contributed by atoms with Gasteiger partial charge in [0.25, 0.3) is 5.69 Å². The average Bonchev–Trinajstić information content (AvgIpc) is 3.19. The molecule has 0 aromatic heterocycles. The summed E-state index contributed by atoms with van der Waals surface area (Å²) in [5.74, 6) is -0.113. The van der Waals surface area contributed by atoms with Crippen LogP contribution in [0.15, 0.2) is 47.4 Å². The fourth-order valence-corrected chi connectivity index (χ4v) is 5.22. The van der Waals surface area contributed by atoms with Gasteiger partial charge in [0.1, 0.15) is 11.8 Å². The van der Waals surface area contributed by atoms with Crippen molar-refractivity contribution < 1.29 is 22.9 Å². The Bertz CT molecular complexity index is 1050. The van der Waals surface area contributed by atoms with Crippen molar-refractivity contribution in [2.45, 2.75) is 30.7 Å². The normalized spacial score (nSPS) is 17.1. The average molecular weight is 419 g/mol. The van der Waals surface area contributed by atoms with Crippen molar-refractivity contribution in [2.24, 2.45) is 0 Å². The minimum Gasteiger partial charge on any atom is -0.497 e. The molecule has 1 saturated heterocycles. The molecule has 2 aromatic rings. The van der Waals surface area contributed by atoms with Crippen LogP contribution >= 0.6 is 0 Å². The lowest BCUT2D eigenvalue weighted by molar-refractivity contribution is -0.384. The molecule has 1 aliphatic rings. The van der Waals surface area contributed by atoms with Gasteiger partial charge in [-0.3, -0.25) is 14.9 Å². The number of nitro benzene ring substituents is 1. The second kappa shape index (κ2) is 8.18. The summed E-state index contributed by atoms with van der Waals surface area (Å²) < 4.78 is 32.8. The third kappa shape index (κ3) is 4.22. The minimum atomic E-state index is -3.93. The summed E-state index contributed by atoms with van der Waals surface area (Å²) in [6, 6.07) is 9.39. The number of rotatable bonds is 6. The van der Waals surface area contributed by atoms with E-state index in [9.17, 15) is 23.3 Å². The third-order valence-electron chi connectivity index (χ3n) is 4.81. The Labute approximate surface area is 168 Å². The predicted octanol–water partition coefficient (Wildman–Crippen LogP) is 2.70. The highest BCUT2D eigenvalue weighted by Crippen LogP contribution is 2.31. The topological polar surface area (TPSA) is 119 Å². The molecule has 0 radical (unpaired) electrons. The van der Waals surface area contributed by atoms with Crippen molar-refractivity contribution in [1.29, 1.82) is 0 Å². The zero-order valence-electron chi connectivity index (χ0n) is 16.0. The molecule has 10 heteroatoms. The summed E-state index contributed by atoms with van der Waals surface area (Å²) in [5, 5.41) is 13.5. The molecule has 3 rings (SSSR count). The summed E-state index contributed by atoms with van der Waals surface area (Å²) in [6.45, 7) is 1.90. The molecule has 1 aliphatic heterocycles. The van der Waals surface area contributed by atoms with Gasteiger partial charge < -0.3 is 10.1 Å². The molecule has 1 atom stereocenters. The Morgan fingerprint density at radius 3 is 2.72 bits per heavy atom. The van der Waals surface area contributed by atoms with Gasteiger partial charge in [0.2, 0.25) is 15.9 Å². The largest absolute Gasteiger partial charge is 0.497 e. The monoisotopic (exact) mass is 419 g/mol. The maximum absolute atomic E-state index is 13.2. The van der Waals surface area contributed by atoms with E-state index in [1.165, 1.54) is 41.7 Å². The molecule has 0 unspecified atom stereocenters. The summed E-state index contributed by atoms with van der Waals surface area (Å²) >= 11 is 0. The fourth-order valence-electron chi connectivity index (χ4n) is 3.32. The highest BCUT2D eigenvalue weighted by molar-refractivity contribution is 7.89. The number of nitrogens with one attached hydrogen (secondary N) is 1. The number of hydrogen-bond acceptors (Lipinski definition) is 6. The molecular weight excluding hydrogens is 398 g/mol. The van der Waals surface area contributed by atoms with E-state index in [1.54, 1.807) is 19.1 Å². The number of carbonyl (C=O) groups excluding carboxylic acids is 1. The lowest BCUT2D eigenvalue weighted by Gasteiger charge is -2.24. The van der Waals surface area contributed by atoms with Gasteiger partial charge in [-0.1, -0.05) is 12.1 Å². The fraction of sp³-hybridized carbons (Fsp3) is 0.316. The predicted molar refractivity (Wildman–Crippen MR) is 106 cm³/mol. The highest BCUT2D eigenvalue weighted by Gasteiger charge is 2.40. The Kier molecular flexibility index (Phi) is 5.85. The first-order valence-corrected chi connectivity index (χ1v) is 10.4. The number of methoxy groups -OCH3 is 1. The number of sulfonamides is 1. The van der Waals surface area contributed by atoms with Gasteiger partial charge in [0.15, 0.2) is 0 Å². The number of nitrogens with zero attached hydrogens (tertiary/aromatic N) is 2. The van der Waals surface area contributed by atoms with E-state index < -0.39 is 26.9 Å². The standard InChI is InChI=1S/C19H21N3O6S/c1-13-8-9-16(28-2)12-18(13)29(26,27)21-10-4-7-17(21)19(23)20-14-5-3-6-15(11-14)22(24)25/h3,5-6,8-9,11-12,17H,4,7,10H2,1-2H3,(H,20,23)/t17-/m1/s1. The van der Waals surface area contributed by atoms with Crippen LogP contribution in [0.5, 0.6) is 5.75 Å². The Morgan fingerprint density at radius 1 is 1.28 bits per heavy atom. The zero-order valence-corrected chi connectivity index (χ0v) is 16.8. The molecule has 0 aliphatic carbocycles. The molecular formula is C19H21N3O6S. The van der Waals surface area contributed by atoms with Gasteiger partial charge in [-0.2, -0.15) is 4.31 Å². The first-order chi connectivity index (χ1) is 13.7. The number of nitro groups is 1. The Balaban J connectivity index is 1.86. The number of amides is 1. The van der Waals surface area contributed by atoms with Crippen molar-refractivity contribution in [3.8, 4) is 5.75 Å². The zero-order chi connectivity index (χ0) is 21.2. The first kappa shape index (κ1) is 20.7. The summed E-state index contributed by atoms with van der Waals surface area (Å²) in [7, 11) is -2.48. The molecule has 9 nitrogen and oxygen atoms in total. The third-order valence-corrected chi connectivity index (χ3v) is 6.86. The maximum atomic E-state index is 13.2. The number of hydrogen-bond donors (Lipinski definition) is 1. The van der Waals surface area contributed by atoms with E-state index in [0.29, 0.717) is 24.2 Å². The lowest BCUT2D eigenvalue weighted by atomic mass is 10.2. The van der Waals surface area contributed by atoms with Crippen LogP contribution in [0.2, 0.25) is 0 Å².